The molecule has 0 saturated heterocycles. The number of hydrogen-bond acceptors (Lipinski definition) is 3. The van der Waals surface area contributed by atoms with Crippen LogP contribution in [0.5, 0.6) is 5.75 Å². The molecule has 1 aromatic heterocycles. The first-order valence-corrected chi connectivity index (χ1v) is 4.69. The number of methoxy groups -OCH3 is 1. The first kappa shape index (κ1) is 12.6. The summed E-state index contributed by atoms with van der Waals surface area (Å²) in [6.45, 7) is 0. The second-order valence-electron chi connectivity index (χ2n) is 2.80. The predicted octanol–water partition coefficient (Wildman–Crippen LogP) is 2.46. The van der Waals surface area contributed by atoms with Gasteiger partial charge in [-0.1, -0.05) is 0 Å². The third kappa shape index (κ3) is 2.21. The quantitative estimate of drug-likeness (QED) is 0.835. The van der Waals surface area contributed by atoms with Crippen LogP contribution in [0.25, 0.3) is 0 Å². The number of aromatic nitrogens is 1. The van der Waals surface area contributed by atoms with Crippen molar-refractivity contribution in [2.75, 3.05) is 7.11 Å². The van der Waals surface area contributed by atoms with Crippen molar-refractivity contribution in [3.8, 4) is 5.75 Å². The molecule has 0 saturated carbocycles. The van der Waals surface area contributed by atoms with Gasteiger partial charge >= 0.3 is 5.97 Å². The summed E-state index contributed by atoms with van der Waals surface area (Å²) in [5, 5.41) is 8.77. The molecule has 0 aliphatic carbocycles. The highest BCUT2D eigenvalue weighted by molar-refractivity contribution is 6.17. The van der Waals surface area contributed by atoms with Gasteiger partial charge in [0.2, 0.25) is 0 Å². The Labute approximate surface area is 94.8 Å². The molecule has 4 nitrogen and oxygen atoms in total. The molecule has 0 aliphatic heterocycles. The number of nitrogens with zero attached hydrogens (tertiary/aromatic N) is 1. The van der Waals surface area contributed by atoms with Crippen molar-refractivity contribution in [1.82, 2.24) is 4.98 Å². The van der Waals surface area contributed by atoms with Crippen LogP contribution >= 0.6 is 11.6 Å². The number of carboxylic acids is 1. The first-order chi connectivity index (χ1) is 7.52. The van der Waals surface area contributed by atoms with Crippen LogP contribution in [-0.2, 0) is 5.88 Å². The van der Waals surface area contributed by atoms with Gasteiger partial charge in [-0.3, -0.25) is 4.98 Å². The van der Waals surface area contributed by atoms with E-state index in [1.165, 1.54) is 0 Å². The molecular formula is C9H8ClF2NO3. The summed E-state index contributed by atoms with van der Waals surface area (Å²) >= 11 is 5.44. The fraction of sp³-hybridized carbons (Fsp3) is 0.333. The molecule has 0 unspecified atom stereocenters. The predicted molar refractivity (Wildman–Crippen MR) is 52.3 cm³/mol. The first-order valence-electron chi connectivity index (χ1n) is 4.16. The van der Waals surface area contributed by atoms with E-state index in [1.807, 2.05) is 0 Å². The van der Waals surface area contributed by atoms with Crippen molar-refractivity contribution >= 4 is 17.6 Å². The molecule has 0 spiro atoms. The molecule has 88 valence electrons. The zero-order valence-electron chi connectivity index (χ0n) is 8.21. The van der Waals surface area contributed by atoms with Crippen molar-refractivity contribution in [3.63, 3.8) is 0 Å². The Morgan fingerprint density at radius 1 is 1.69 bits per heavy atom. The van der Waals surface area contributed by atoms with E-state index in [0.717, 1.165) is 13.3 Å². The zero-order chi connectivity index (χ0) is 12.3. The molecule has 16 heavy (non-hydrogen) atoms. The lowest BCUT2D eigenvalue weighted by atomic mass is 10.1. The molecule has 1 heterocycles. The fourth-order valence-corrected chi connectivity index (χ4v) is 1.46. The van der Waals surface area contributed by atoms with Crippen molar-refractivity contribution < 1.29 is 23.4 Å². The maximum atomic E-state index is 12.7. The molecule has 0 aliphatic rings. The normalized spacial score (nSPS) is 10.6. The largest absolute Gasteiger partial charge is 0.495 e. The Morgan fingerprint density at radius 3 is 2.69 bits per heavy atom. The smallest absolute Gasteiger partial charge is 0.341 e. The molecule has 0 atom stereocenters. The van der Waals surface area contributed by atoms with Gasteiger partial charge in [-0.2, -0.15) is 0 Å². The third-order valence-corrected chi connectivity index (χ3v) is 2.18. The van der Waals surface area contributed by atoms with E-state index in [1.54, 1.807) is 0 Å². The number of ether oxygens (including phenoxy) is 1. The number of halogens is 3. The number of rotatable bonds is 4. The van der Waals surface area contributed by atoms with E-state index in [0.29, 0.717) is 0 Å². The zero-order valence-corrected chi connectivity index (χ0v) is 8.96. The highest BCUT2D eigenvalue weighted by Gasteiger charge is 2.25. The number of carboxylic acid groups (broad SMARTS) is 1. The lowest BCUT2D eigenvalue weighted by Crippen LogP contribution is -2.08. The Morgan fingerprint density at radius 2 is 2.31 bits per heavy atom. The molecule has 0 fully saturated rings. The van der Waals surface area contributed by atoms with E-state index in [-0.39, 0.29) is 11.6 Å². The van der Waals surface area contributed by atoms with Gasteiger partial charge in [0.1, 0.15) is 11.3 Å². The molecule has 0 radical (unpaired) electrons. The summed E-state index contributed by atoms with van der Waals surface area (Å²) in [5.74, 6) is -2.02. The molecule has 0 bridgehead atoms. The molecule has 7 heteroatoms. The highest BCUT2D eigenvalue weighted by atomic mass is 35.5. The van der Waals surface area contributed by atoms with Crippen LogP contribution in [0.3, 0.4) is 0 Å². The molecule has 1 aromatic rings. The van der Waals surface area contributed by atoms with E-state index in [2.05, 4.69) is 9.72 Å². The van der Waals surface area contributed by atoms with Crippen LogP contribution in [0.2, 0.25) is 0 Å². The van der Waals surface area contributed by atoms with Gasteiger partial charge in [-0.25, -0.2) is 13.6 Å². The summed E-state index contributed by atoms with van der Waals surface area (Å²) < 4.78 is 30.1. The van der Waals surface area contributed by atoms with Crippen LogP contribution in [0, 0.1) is 0 Å². The van der Waals surface area contributed by atoms with Crippen LogP contribution in [0.15, 0.2) is 6.20 Å². The fourth-order valence-electron chi connectivity index (χ4n) is 1.25. The number of aromatic carboxylic acids is 1. The second kappa shape index (κ2) is 5.07. The molecule has 1 N–H and O–H groups in total. The van der Waals surface area contributed by atoms with Gasteiger partial charge in [-0.05, 0) is 0 Å². The average Bonchev–Trinajstić information content (AvgIpc) is 2.26. The molecular weight excluding hydrogens is 244 g/mol. The number of alkyl halides is 3. The van der Waals surface area contributed by atoms with E-state index in [9.17, 15) is 13.6 Å². The number of hydrogen-bond donors (Lipinski definition) is 1. The Balaban J connectivity index is 3.49. The van der Waals surface area contributed by atoms with Crippen LogP contribution in [-0.4, -0.2) is 23.2 Å². The monoisotopic (exact) mass is 251 g/mol. The molecule has 1 rings (SSSR count). The lowest BCUT2D eigenvalue weighted by Gasteiger charge is -2.13. The summed E-state index contributed by atoms with van der Waals surface area (Å²) in [5.41, 5.74) is -1.07. The minimum absolute atomic E-state index is 0.0847. The van der Waals surface area contributed by atoms with Crippen molar-refractivity contribution in [3.05, 3.63) is 23.0 Å². The standard InChI is InChI=1S/C9H8ClF2NO3/c1-16-7-4(9(14)15)3-13-5(2-10)6(7)8(11)12/h3,8H,2H2,1H3,(H,14,15). The summed E-state index contributed by atoms with van der Waals surface area (Å²) in [4.78, 5) is 14.3. The summed E-state index contributed by atoms with van der Waals surface area (Å²) in [7, 11) is 1.12. The maximum Gasteiger partial charge on any atom is 0.341 e. The minimum Gasteiger partial charge on any atom is -0.495 e. The Kier molecular flexibility index (Phi) is 4.00. The highest BCUT2D eigenvalue weighted by Crippen LogP contribution is 2.34. The van der Waals surface area contributed by atoms with Crippen LogP contribution < -0.4 is 4.74 Å². The Hall–Kier alpha value is -1.43. The van der Waals surface area contributed by atoms with Gasteiger partial charge in [-0.15, -0.1) is 11.6 Å². The maximum absolute atomic E-state index is 12.7. The van der Waals surface area contributed by atoms with Crippen LogP contribution in [0.1, 0.15) is 28.0 Å². The van der Waals surface area contributed by atoms with Crippen molar-refractivity contribution in [1.29, 1.82) is 0 Å². The van der Waals surface area contributed by atoms with E-state index >= 15 is 0 Å². The summed E-state index contributed by atoms with van der Waals surface area (Å²) in [6.07, 6.45) is -1.94. The van der Waals surface area contributed by atoms with Gasteiger partial charge in [0.25, 0.3) is 6.43 Å². The Bertz CT molecular complexity index is 412. The average molecular weight is 252 g/mol. The van der Waals surface area contributed by atoms with Gasteiger partial charge in [0.15, 0.2) is 0 Å². The van der Waals surface area contributed by atoms with E-state index < -0.39 is 29.3 Å². The second-order valence-corrected chi connectivity index (χ2v) is 3.07. The molecule has 0 amide bonds. The van der Waals surface area contributed by atoms with Crippen molar-refractivity contribution in [2.45, 2.75) is 12.3 Å². The topological polar surface area (TPSA) is 59.4 Å². The minimum atomic E-state index is -2.89. The lowest BCUT2D eigenvalue weighted by molar-refractivity contribution is 0.0691. The van der Waals surface area contributed by atoms with Gasteiger partial charge in [0.05, 0.1) is 24.2 Å². The number of carbonyl (C=O) groups is 1. The SMILES string of the molecule is COc1c(C(=O)O)cnc(CCl)c1C(F)F. The third-order valence-electron chi connectivity index (χ3n) is 1.93. The molecule has 0 aromatic carbocycles. The van der Waals surface area contributed by atoms with Gasteiger partial charge < -0.3 is 9.84 Å². The summed E-state index contributed by atoms with van der Waals surface area (Å²) in [6, 6.07) is 0. The van der Waals surface area contributed by atoms with Crippen molar-refractivity contribution in [2.24, 2.45) is 0 Å². The number of pyridine rings is 1. The van der Waals surface area contributed by atoms with Gasteiger partial charge in [0, 0.05) is 6.20 Å². The van der Waals surface area contributed by atoms with Crippen LogP contribution in [0.4, 0.5) is 8.78 Å². The van der Waals surface area contributed by atoms with E-state index in [4.69, 9.17) is 16.7 Å².